The Hall–Kier alpha value is -5.18. The minimum absolute atomic E-state index is 0.0656. The lowest BCUT2D eigenvalue weighted by Crippen LogP contribution is -2.38. The van der Waals surface area contributed by atoms with Crippen LogP contribution in [0.3, 0.4) is 0 Å². The second-order valence-electron chi connectivity index (χ2n) is 16.2. The van der Waals surface area contributed by atoms with Gasteiger partial charge in [0.2, 0.25) is 0 Å². The summed E-state index contributed by atoms with van der Waals surface area (Å²) in [6, 6.07) is 50.0. The first-order valence-electron chi connectivity index (χ1n) is 18.6. The van der Waals surface area contributed by atoms with Crippen molar-refractivity contribution in [3.05, 3.63) is 174 Å². The molecule has 256 valence electrons. The summed E-state index contributed by atoms with van der Waals surface area (Å²) in [6.45, 7) is 14.2. The topological polar surface area (TPSA) is 3.24 Å². The maximum absolute atomic E-state index is 2.65. The lowest BCUT2D eigenvalue weighted by atomic mass is 9.78. The van der Waals surface area contributed by atoms with E-state index in [1.54, 1.807) is 0 Å². The Morgan fingerprint density at radius 1 is 0.654 bits per heavy atom. The van der Waals surface area contributed by atoms with E-state index >= 15 is 0 Å². The van der Waals surface area contributed by atoms with E-state index in [1.165, 1.54) is 81.6 Å². The standard InChI is InChI=1S/C50H45NS/c1-32-15-12-20-39(38-19-13-22-42-46(38)41-30-27-35(49(2,3)4)31-43(41)50(42,5)6)47(32)51(36-28-25-34(26-29-36)33-16-8-7-9-17-33)44-23-14-21-40-37-18-10-11-24-45(37)52-48(40)44/h7-32,47H,1-6H3. The van der Waals surface area contributed by atoms with Crippen molar-refractivity contribution in [3.8, 4) is 22.3 Å². The van der Waals surface area contributed by atoms with Crippen molar-refractivity contribution in [2.24, 2.45) is 5.92 Å². The smallest absolute Gasteiger partial charge is 0.0658 e. The predicted molar refractivity (Wildman–Crippen MR) is 226 cm³/mol. The van der Waals surface area contributed by atoms with Crippen LogP contribution in [0.5, 0.6) is 0 Å². The van der Waals surface area contributed by atoms with Gasteiger partial charge in [-0.25, -0.2) is 0 Å². The molecule has 2 heteroatoms. The summed E-state index contributed by atoms with van der Waals surface area (Å²) < 4.78 is 2.66. The predicted octanol–water partition coefficient (Wildman–Crippen LogP) is 14.1. The van der Waals surface area contributed by atoms with E-state index < -0.39 is 0 Å². The minimum Gasteiger partial charge on any atom is -0.332 e. The van der Waals surface area contributed by atoms with Crippen molar-refractivity contribution in [2.75, 3.05) is 4.90 Å². The summed E-state index contributed by atoms with van der Waals surface area (Å²) in [5.41, 5.74) is 14.6. The number of rotatable bonds is 5. The molecule has 9 rings (SSSR count). The first-order chi connectivity index (χ1) is 25.1. The number of fused-ring (bicyclic) bond motifs is 6. The number of benzene rings is 6. The fourth-order valence-electron chi connectivity index (χ4n) is 8.76. The van der Waals surface area contributed by atoms with Gasteiger partial charge in [-0.05, 0) is 85.7 Å². The van der Waals surface area contributed by atoms with E-state index in [0.717, 1.165) is 0 Å². The Labute approximate surface area is 312 Å². The van der Waals surface area contributed by atoms with Gasteiger partial charge in [-0.2, -0.15) is 0 Å². The molecule has 0 fully saturated rings. The van der Waals surface area contributed by atoms with E-state index in [1.807, 2.05) is 11.3 Å². The normalized spacial score (nSPS) is 17.6. The molecule has 2 aliphatic carbocycles. The van der Waals surface area contributed by atoms with Crippen molar-refractivity contribution in [3.63, 3.8) is 0 Å². The van der Waals surface area contributed by atoms with Gasteiger partial charge < -0.3 is 4.90 Å². The summed E-state index contributed by atoms with van der Waals surface area (Å²) >= 11 is 1.91. The summed E-state index contributed by atoms with van der Waals surface area (Å²) in [5.74, 6) is 0.256. The van der Waals surface area contributed by atoms with Gasteiger partial charge in [0.1, 0.15) is 0 Å². The fourth-order valence-corrected chi connectivity index (χ4v) is 9.97. The zero-order valence-electron chi connectivity index (χ0n) is 30.9. The van der Waals surface area contributed by atoms with Gasteiger partial charge in [-0.1, -0.05) is 169 Å². The van der Waals surface area contributed by atoms with Gasteiger partial charge in [-0.15, -0.1) is 11.3 Å². The number of hydrogen-bond acceptors (Lipinski definition) is 2. The van der Waals surface area contributed by atoms with Crippen LogP contribution in [0.15, 0.2) is 152 Å². The summed E-state index contributed by atoms with van der Waals surface area (Å²) in [6.07, 6.45) is 7.07. The Morgan fingerprint density at radius 2 is 1.37 bits per heavy atom. The maximum Gasteiger partial charge on any atom is 0.0658 e. The second-order valence-corrected chi connectivity index (χ2v) is 17.3. The lowest BCUT2D eigenvalue weighted by Gasteiger charge is -2.40. The van der Waals surface area contributed by atoms with Gasteiger partial charge >= 0.3 is 0 Å². The van der Waals surface area contributed by atoms with Gasteiger partial charge in [0, 0.05) is 26.6 Å². The summed E-state index contributed by atoms with van der Waals surface area (Å²) in [4.78, 5) is 2.65. The van der Waals surface area contributed by atoms with Crippen LogP contribution in [0.4, 0.5) is 11.4 Å². The first-order valence-corrected chi connectivity index (χ1v) is 19.5. The van der Waals surface area contributed by atoms with E-state index in [2.05, 4.69) is 198 Å². The summed E-state index contributed by atoms with van der Waals surface area (Å²) in [7, 11) is 0. The van der Waals surface area contributed by atoms with Crippen LogP contribution in [0.2, 0.25) is 0 Å². The van der Waals surface area contributed by atoms with Crippen LogP contribution < -0.4 is 4.90 Å². The fraction of sp³-hybridized carbons (Fsp3) is 0.200. The van der Waals surface area contributed by atoms with Crippen molar-refractivity contribution in [2.45, 2.75) is 58.4 Å². The van der Waals surface area contributed by atoms with Gasteiger partial charge in [0.05, 0.1) is 16.4 Å². The first kappa shape index (κ1) is 32.7. The average Bonchev–Trinajstić information content (AvgIpc) is 3.65. The zero-order valence-corrected chi connectivity index (χ0v) is 31.8. The van der Waals surface area contributed by atoms with Gasteiger partial charge in [0.15, 0.2) is 0 Å². The molecule has 1 heterocycles. The van der Waals surface area contributed by atoms with E-state index in [-0.39, 0.29) is 22.8 Å². The van der Waals surface area contributed by atoms with E-state index in [9.17, 15) is 0 Å². The number of anilines is 2. The van der Waals surface area contributed by atoms with Crippen LogP contribution in [-0.4, -0.2) is 6.04 Å². The van der Waals surface area contributed by atoms with Crippen LogP contribution in [0.1, 0.15) is 63.8 Å². The molecular formula is C50H45NS. The molecule has 0 radical (unpaired) electrons. The molecule has 2 aliphatic rings. The third-order valence-electron chi connectivity index (χ3n) is 11.6. The number of hydrogen-bond donors (Lipinski definition) is 0. The average molecular weight is 692 g/mol. The highest BCUT2D eigenvalue weighted by atomic mass is 32.1. The van der Waals surface area contributed by atoms with Gasteiger partial charge in [0.25, 0.3) is 0 Å². The maximum atomic E-state index is 2.65. The highest BCUT2D eigenvalue weighted by Crippen LogP contribution is 2.54. The highest BCUT2D eigenvalue weighted by Gasteiger charge is 2.40. The Kier molecular flexibility index (Phi) is 7.68. The molecule has 0 spiro atoms. The van der Waals surface area contributed by atoms with E-state index in [4.69, 9.17) is 0 Å². The van der Waals surface area contributed by atoms with Crippen molar-refractivity contribution in [1.82, 2.24) is 0 Å². The van der Waals surface area contributed by atoms with Crippen LogP contribution in [0.25, 0.3) is 48.0 Å². The SMILES string of the molecule is CC1C=CC=C(c2cccc3c2-c2ccc(C(C)(C)C)cc2C3(C)C)C1N(c1ccc(-c2ccccc2)cc1)c1cccc2c1sc1ccccc12. The molecule has 0 saturated carbocycles. The molecule has 0 bridgehead atoms. The van der Waals surface area contributed by atoms with Crippen LogP contribution in [-0.2, 0) is 10.8 Å². The number of nitrogens with zero attached hydrogens (tertiary/aromatic N) is 1. The second kappa shape index (κ2) is 12.2. The third kappa shape index (κ3) is 5.19. The number of allylic oxidation sites excluding steroid dienone is 2. The Balaban J connectivity index is 1.26. The molecule has 0 N–H and O–H groups in total. The molecule has 0 saturated heterocycles. The molecule has 1 nitrogen and oxygen atoms in total. The van der Waals surface area contributed by atoms with Crippen LogP contribution in [0, 0.1) is 5.92 Å². The molecule has 2 unspecified atom stereocenters. The molecular weight excluding hydrogens is 647 g/mol. The van der Waals surface area contributed by atoms with E-state index in [0.29, 0.717) is 0 Å². The third-order valence-corrected chi connectivity index (χ3v) is 12.8. The molecule has 0 aliphatic heterocycles. The van der Waals surface area contributed by atoms with Crippen molar-refractivity contribution < 1.29 is 0 Å². The largest absolute Gasteiger partial charge is 0.332 e. The molecule has 2 atom stereocenters. The Bertz CT molecular complexity index is 2540. The molecule has 6 aromatic carbocycles. The lowest BCUT2D eigenvalue weighted by molar-refractivity contribution is 0.584. The highest BCUT2D eigenvalue weighted by molar-refractivity contribution is 7.26. The molecule has 7 aromatic rings. The van der Waals surface area contributed by atoms with Crippen molar-refractivity contribution >= 4 is 48.5 Å². The molecule has 52 heavy (non-hydrogen) atoms. The zero-order chi connectivity index (χ0) is 35.8. The van der Waals surface area contributed by atoms with Crippen LogP contribution >= 0.6 is 11.3 Å². The number of thiophene rings is 1. The van der Waals surface area contributed by atoms with Crippen molar-refractivity contribution in [1.29, 1.82) is 0 Å². The summed E-state index contributed by atoms with van der Waals surface area (Å²) in [5, 5.41) is 2.64. The Morgan fingerprint density at radius 3 is 2.15 bits per heavy atom. The molecule has 0 amide bonds. The monoisotopic (exact) mass is 691 g/mol. The minimum atomic E-state index is -0.0935. The quantitative estimate of drug-likeness (QED) is 0.174. The molecule has 1 aromatic heterocycles. The van der Waals surface area contributed by atoms with Gasteiger partial charge in [-0.3, -0.25) is 0 Å².